The summed E-state index contributed by atoms with van der Waals surface area (Å²) >= 11 is 11.8. The number of halogens is 2. The summed E-state index contributed by atoms with van der Waals surface area (Å²) in [6, 6.07) is 19.8. The van der Waals surface area contributed by atoms with E-state index >= 15 is 0 Å². The number of carbonyl (C=O) groups excluding carboxylic acids is 6. The van der Waals surface area contributed by atoms with Gasteiger partial charge in [0.1, 0.15) is 23.6 Å². The van der Waals surface area contributed by atoms with Crippen molar-refractivity contribution in [1.82, 2.24) is 15.5 Å². The smallest absolute Gasteiger partial charge is 0.243 e. The Morgan fingerprint density at radius 3 is 2.13 bits per heavy atom. The highest BCUT2D eigenvalue weighted by Crippen LogP contribution is 2.39. The zero-order valence-corrected chi connectivity index (χ0v) is 35.3. The van der Waals surface area contributed by atoms with Gasteiger partial charge in [-0.3, -0.25) is 28.8 Å². The second kappa shape index (κ2) is 20.6. The molecule has 0 spiro atoms. The zero-order chi connectivity index (χ0) is 43.7. The van der Waals surface area contributed by atoms with Crippen molar-refractivity contribution >= 4 is 58.3 Å². The first-order chi connectivity index (χ1) is 28.6. The van der Waals surface area contributed by atoms with Crippen molar-refractivity contribution in [2.45, 2.75) is 70.5 Å². The lowest BCUT2D eigenvalue weighted by atomic mass is 9.88. The number of hydrogen-bond acceptors (Lipinski definition) is 9. The fourth-order valence-corrected chi connectivity index (χ4v) is 7.72. The Bertz CT molecular complexity index is 2230. The highest BCUT2D eigenvalue weighted by molar-refractivity contribution is 6.30. The predicted octanol–water partition coefficient (Wildman–Crippen LogP) is 6.55. The molecule has 6 N–H and O–H groups in total. The Balaban J connectivity index is 1.49. The molecular formula is C46H50Cl2N4O8. The molecule has 1 heterocycles. The van der Waals surface area contributed by atoms with Crippen LogP contribution in [0.2, 0.25) is 5.02 Å². The average Bonchev–Trinajstić information content (AvgIpc) is 3.23. The first kappa shape index (κ1) is 45.5. The number of carbonyl (C=O) groups is 6. The number of nitrogens with zero attached hydrogens (tertiary/aromatic N) is 1. The van der Waals surface area contributed by atoms with Gasteiger partial charge in [-0.1, -0.05) is 73.5 Å². The van der Waals surface area contributed by atoms with Crippen molar-refractivity contribution in [3.05, 3.63) is 107 Å². The molecule has 4 aromatic rings. The third-order valence-corrected chi connectivity index (χ3v) is 11.4. The predicted molar refractivity (Wildman–Crippen MR) is 231 cm³/mol. The number of alkyl halides is 1. The fraction of sp³-hybridized carbons (Fsp3) is 0.348. The summed E-state index contributed by atoms with van der Waals surface area (Å²) in [5.41, 5.74) is 9.14. The van der Waals surface area contributed by atoms with Crippen LogP contribution in [0.5, 0.6) is 11.5 Å². The molecule has 3 amide bonds. The number of rotatable bonds is 14. The van der Waals surface area contributed by atoms with Gasteiger partial charge in [-0.05, 0) is 85.0 Å². The molecule has 4 aromatic carbocycles. The summed E-state index contributed by atoms with van der Waals surface area (Å²) in [7, 11) is 1.47. The maximum atomic E-state index is 14.6. The largest absolute Gasteiger partial charge is 0.507 e. The third kappa shape index (κ3) is 11.2. The van der Waals surface area contributed by atoms with Gasteiger partial charge in [-0.15, -0.1) is 11.6 Å². The summed E-state index contributed by atoms with van der Waals surface area (Å²) in [4.78, 5) is 83.6. The Morgan fingerprint density at radius 1 is 0.883 bits per heavy atom. The van der Waals surface area contributed by atoms with Gasteiger partial charge in [0, 0.05) is 59.9 Å². The Kier molecular flexibility index (Phi) is 15.6. The maximum absolute atomic E-state index is 14.6. The highest BCUT2D eigenvalue weighted by Gasteiger charge is 2.36. The molecule has 0 saturated heterocycles. The number of aromatic hydroxyl groups is 2. The number of likely N-dealkylation sites (N-methyl/N-ethyl adjacent to an activating group) is 1. The number of benzene rings is 4. The number of phenols is 2. The van der Waals surface area contributed by atoms with Crippen LogP contribution in [0.4, 0.5) is 0 Å². The zero-order valence-electron chi connectivity index (χ0n) is 33.8. The molecule has 1 aliphatic heterocycles. The van der Waals surface area contributed by atoms with Crippen molar-refractivity contribution in [3.63, 3.8) is 0 Å². The second-order valence-electron chi connectivity index (χ2n) is 15.3. The number of phenolic OH excluding ortho intramolecular Hbond substituents is 2. The van der Waals surface area contributed by atoms with E-state index in [1.165, 1.54) is 50.1 Å². The van der Waals surface area contributed by atoms with E-state index in [2.05, 4.69) is 10.6 Å². The number of ketones is 3. The van der Waals surface area contributed by atoms with Crippen LogP contribution in [0.3, 0.4) is 0 Å². The van der Waals surface area contributed by atoms with Crippen LogP contribution >= 0.6 is 23.2 Å². The van der Waals surface area contributed by atoms with E-state index in [-0.39, 0.29) is 53.6 Å². The van der Waals surface area contributed by atoms with Gasteiger partial charge in [0.15, 0.2) is 17.3 Å². The third-order valence-electron chi connectivity index (χ3n) is 10.9. The number of nitrogens with two attached hydrogens (primary N) is 1. The van der Waals surface area contributed by atoms with Crippen LogP contribution in [0.15, 0.2) is 84.9 Å². The van der Waals surface area contributed by atoms with E-state index in [0.29, 0.717) is 47.5 Å². The number of nitrogens with one attached hydrogen (secondary N) is 2. The average molecular weight is 858 g/mol. The molecule has 4 bridgehead atoms. The number of amides is 3. The first-order valence-electron chi connectivity index (χ1n) is 19.8. The summed E-state index contributed by atoms with van der Waals surface area (Å²) in [6.45, 7) is 3.38. The standard InChI is InChI=1S/C46H50Cl2N4O8/c1-26-20-41(56)43(52(3)46(60)33(6-4-5-19-49)24-40(55)31-10-8-29(9-11-31)30-12-15-34(48)16-13-30)32-14-18-39(54)36(23-32)35-21-28(7-17-38(35)53)22-37(51-44(26)58)45(59)50-27(2)42(57)25-47/h7-18,21,23,26-27,33,37,43,53-54H,4-6,19-20,22,24-25,49H2,1-3H3,(H,50,59)(H,51,58)/t26-,27+,33-,37+,43+/m1/s1. The molecule has 5 atom stereocenters. The molecule has 0 fully saturated rings. The van der Waals surface area contributed by atoms with Crippen molar-refractivity contribution in [1.29, 1.82) is 0 Å². The van der Waals surface area contributed by atoms with E-state index < -0.39 is 59.2 Å². The number of fused-ring (bicyclic) bond motifs is 5. The lowest BCUT2D eigenvalue weighted by molar-refractivity contribution is -0.142. The van der Waals surface area contributed by atoms with E-state index in [1.54, 1.807) is 36.4 Å². The molecular weight excluding hydrogens is 807 g/mol. The van der Waals surface area contributed by atoms with Gasteiger partial charge in [-0.2, -0.15) is 0 Å². The van der Waals surface area contributed by atoms with Crippen molar-refractivity contribution in [2.24, 2.45) is 17.6 Å². The van der Waals surface area contributed by atoms with E-state index in [4.69, 9.17) is 28.9 Å². The van der Waals surface area contributed by atoms with Gasteiger partial charge in [0.2, 0.25) is 17.7 Å². The monoisotopic (exact) mass is 856 g/mol. The molecule has 12 nitrogen and oxygen atoms in total. The Morgan fingerprint density at radius 2 is 1.50 bits per heavy atom. The summed E-state index contributed by atoms with van der Waals surface area (Å²) in [5.74, 6) is -5.58. The second-order valence-corrected chi connectivity index (χ2v) is 16.0. The minimum atomic E-state index is -1.28. The molecule has 1 aliphatic rings. The lowest BCUT2D eigenvalue weighted by Crippen LogP contribution is -2.53. The lowest BCUT2D eigenvalue weighted by Gasteiger charge is -2.32. The quantitative estimate of drug-likeness (QED) is 0.0531. The molecule has 0 aromatic heterocycles. The van der Waals surface area contributed by atoms with Crippen LogP contribution in [0.25, 0.3) is 22.3 Å². The fourth-order valence-electron chi connectivity index (χ4n) is 7.36. The number of unbranched alkanes of at least 4 members (excludes halogenated alkanes) is 1. The van der Waals surface area contributed by atoms with Gasteiger partial charge >= 0.3 is 0 Å². The van der Waals surface area contributed by atoms with E-state index in [0.717, 1.165) is 11.1 Å². The Hall–Kier alpha value is -5.56. The van der Waals surface area contributed by atoms with E-state index in [9.17, 15) is 39.0 Å². The van der Waals surface area contributed by atoms with Crippen LogP contribution in [-0.4, -0.2) is 81.7 Å². The topological polar surface area (TPSA) is 196 Å². The van der Waals surface area contributed by atoms with Crippen molar-refractivity contribution in [2.75, 3.05) is 19.5 Å². The first-order valence-corrected chi connectivity index (χ1v) is 20.8. The number of Topliss-reactive ketones (excluding diaryl/α,β-unsaturated/α-hetero) is 3. The molecule has 0 radical (unpaired) electrons. The maximum Gasteiger partial charge on any atom is 0.243 e. The Labute approximate surface area is 359 Å². The summed E-state index contributed by atoms with van der Waals surface area (Å²) in [5, 5.41) is 28.1. The highest BCUT2D eigenvalue weighted by atomic mass is 35.5. The van der Waals surface area contributed by atoms with Gasteiger partial charge in [0.25, 0.3) is 0 Å². The van der Waals surface area contributed by atoms with Crippen LogP contribution in [0.1, 0.15) is 73.5 Å². The molecule has 60 heavy (non-hydrogen) atoms. The summed E-state index contributed by atoms with van der Waals surface area (Å²) < 4.78 is 0. The molecule has 316 valence electrons. The van der Waals surface area contributed by atoms with Gasteiger partial charge < -0.3 is 31.5 Å². The number of hydrogen-bond donors (Lipinski definition) is 5. The molecule has 0 unspecified atom stereocenters. The minimum Gasteiger partial charge on any atom is -0.507 e. The van der Waals surface area contributed by atoms with Crippen molar-refractivity contribution < 1.29 is 39.0 Å². The van der Waals surface area contributed by atoms with Gasteiger partial charge in [0.05, 0.1) is 11.9 Å². The van der Waals surface area contributed by atoms with Crippen LogP contribution < -0.4 is 16.4 Å². The van der Waals surface area contributed by atoms with E-state index in [1.807, 2.05) is 24.3 Å². The molecule has 5 rings (SSSR count). The van der Waals surface area contributed by atoms with Crippen LogP contribution in [-0.2, 0) is 30.4 Å². The SMILES string of the molecule is C[C@@H]1CC(=O)[C@@H](N(C)C(=O)[C@H](CCCCN)CC(=O)c2ccc(-c3ccc(Cl)cc3)cc2)c2ccc(O)c(c2)-c2cc(ccc2O)C[C@@H](C(=O)N[C@@H](C)C(=O)CCl)NC1=O. The minimum absolute atomic E-state index is 0.0651. The molecule has 14 heteroatoms. The normalized spacial score (nSPS) is 17.7. The molecule has 0 aliphatic carbocycles. The van der Waals surface area contributed by atoms with Crippen molar-refractivity contribution in [3.8, 4) is 33.8 Å². The summed E-state index contributed by atoms with van der Waals surface area (Å²) in [6.07, 6.45) is 0.906. The van der Waals surface area contributed by atoms with Crippen LogP contribution in [0, 0.1) is 11.8 Å². The van der Waals surface area contributed by atoms with Gasteiger partial charge in [-0.25, -0.2) is 0 Å². The molecule has 0 saturated carbocycles.